The molecule has 3 aliphatic carbocycles. The molecule has 6 rings (SSSR count). The number of aliphatic hydroxyl groups is 2. The summed E-state index contributed by atoms with van der Waals surface area (Å²) in [5.74, 6) is -0.290. The van der Waals surface area contributed by atoms with Gasteiger partial charge in [0.05, 0.1) is 5.41 Å². The molecule has 30 heavy (non-hydrogen) atoms. The van der Waals surface area contributed by atoms with Gasteiger partial charge in [-0.15, -0.1) is 0 Å². The minimum absolute atomic E-state index is 0.0646. The fraction of sp³-hybridized carbons (Fsp3) is 0.185. The lowest BCUT2D eigenvalue weighted by Gasteiger charge is -2.46. The number of phenols is 1. The molecule has 3 heteroatoms. The fourth-order valence-corrected chi connectivity index (χ4v) is 5.17. The molecule has 0 aromatic heterocycles. The van der Waals surface area contributed by atoms with Crippen LogP contribution in [0.4, 0.5) is 0 Å². The number of fused-ring (bicyclic) bond motifs is 2. The van der Waals surface area contributed by atoms with Crippen molar-refractivity contribution in [1.82, 2.24) is 0 Å². The summed E-state index contributed by atoms with van der Waals surface area (Å²) in [5, 5.41) is 33.0. The van der Waals surface area contributed by atoms with Gasteiger partial charge in [0.15, 0.2) is 0 Å². The van der Waals surface area contributed by atoms with E-state index < -0.39 is 17.4 Å². The molecule has 2 unspecified atom stereocenters. The van der Waals surface area contributed by atoms with Crippen molar-refractivity contribution in [2.24, 2.45) is 5.92 Å². The maximum atomic E-state index is 11.4. The fourth-order valence-electron chi connectivity index (χ4n) is 5.17. The summed E-state index contributed by atoms with van der Waals surface area (Å²) < 4.78 is 0. The van der Waals surface area contributed by atoms with Gasteiger partial charge in [0.1, 0.15) is 17.6 Å². The van der Waals surface area contributed by atoms with E-state index in [0.29, 0.717) is 0 Å². The second-order valence-electron chi connectivity index (χ2n) is 8.21. The standard InChI is InChI=1S/C27H24O3/c1-17-18-15-19(16-18)24(25(17)29)27(20-9-4-2-5-10-20,21-11-6-3-7-12-21)22-13-8-14-23(28)26(22)30/h2-15,22,26,28-30H,16H2,1H3. The molecule has 0 amide bonds. The summed E-state index contributed by atoms with van der Waals surface area (Å²) in [4.78, 5) is 0. The van der Waals surface area contributed by atoms with Crippen LogP contribution in [0.2, 0.25) is 0 Å². The second-order valence-corrected chi connectivity index (χ2v) is 8.21. The van der Waals surface area contributed by atoms with Crippen LogP contribution in [0.15, 0.2) is 90.7 Å². The molecular weight excluding hydrogens is 372 g/mol. The van der Waals surface area contributed by atoms with Crippen LogP contribution in [0.5, 0.6) is 5.75 Å². The summed E-state index contributed by atoms with van der Waals surface area (Å²) >= 11 is 0. The predicted octanol–water partition coefficient (Wildman–Crippen LogP) is 4.93. The molecule has 0 radical (unpaired) electrons. The summed E-state index contributed by atoms with van der Waals surface area (Å²) in [5.41, 5.74) is 4.99. The van der Waals surface area contributed by atoms with E-state index in [1.165, 1.54) is 6.08 Å². The molecule has 3 nitrogen and oxygen atoms in total. The van der Waals surface area contributed by atoms with Gasteiger partial charge >= 0.3 is 0 Å². The molecule has 150 valence electrons. The lowest BCUT2D eigenvalue weighted by molar-refractivity contribution is 0.0911. The van der Waals surface area contributed by atoms with Gasteiger partial charge in [-0.2, -0.15) is 0 Å². The number of aliphatic hydroxyl groups excluding tert-OH is 2. The third-order valence-electron chi connectivity index (χ3n) is 6.71. The van der Waals surface area contributed by atoms with Crippen molar-refractivity contribution in [3.63, 3.8) is 0 Å². The molecular formula is C27H24O3. The average Bonchev–Trinajstić information content (AvgIpc) is 2.74. The van der Waals surface area contributed by atoms with Crippen molar-refractivity contribution < 1.29 is 15.3 Å². The normalized spacial score (nSPS) is 19.9. The summed E-state index contributed by atoms with van der Waals surface area (Å²) in [6, 6.07) is 22.1. The Morgan fingerprint density at radius 2 is 1.43 bits per heavy atom. The van der Waals surface area contributed by atoms with Crippen molar-refractivity contribution >= 4 is 0 Å². The monoisotopic (exact) mass is 396 g/mol. The Bertz CT molecular complexity index is 1120. The van der Waals surface area contributed by atoms with Gasteiger partial charge in [-0.3, -0.25) is 0 Å². The molecule has 2 atom stereocenters. The van der Waals surface area contributed by atoms with Gasteiger partial charge in [0.2, 0.25) is 0 Å². The minimum atomic E-state index is -1.10. The van der Waals surface area contributed by atoms with Crippen LogP contribution in [0.3, 0.4) is 0 Å². The number of hydrogen-bond donors (Lipinski definition) is 3. The Labute approximate surface area is 176 Å². The molecule has 3 aromatic carbocycles. The zero-order valence-electron chi connectivity index (χ0n) is 16.8. The number of benzene rings is 3. The molecule has 3 aromatic rings. The van der Waals surface area contributed by atoms with Gasteiger partial charge in [0, 0.05) is 11.5 Å². The summed E-state index contributed by atoms with van der Waals surface area (Å²) in [6.45, 7) is 1.95. The first-order valence-electron chi connectivity index (χ1n) is 10.3. The van der Waals surface area contributed by atoms with Gasteiger partial charge in [-0.25, -0.2) is 0 Å². The highest BCUT2D eigenvalue weighted by Gasteiger charge is 2.50. The van der Waals surface area contributed by atoms with Gasteiger partial charge in [0.25, 0.3) is 0 Å². The van der Waals surface area contributed by atoms with E-state index in [1.54, 1.807) is 6.08 Å². The second kappa shape index (κ2) is 6.89. The zero-order valence-corrected chi connectivity index (χ0v) is 16.8. The molecule has 2 bridgehead atoms. The van der Waals surface area contributed by atoms with Crippen molar-refractivity contribution in [1.29, 1.82) is 0 Å². The van der Waals surface area contributed by atoms with E-state index in [4.69, 9.17) is 0 Å². The zero-order chi connectivity index (χ0) is 20.9. The Balaban J connectivity index is 1.92. The highest BCUT2D eigenvalue weighted by atomic mass is 16.3. The largest absolute Gasteiger partial charge is 0.510 e. The van der Waals surface area contributed by atoms with Crippen molar-refractivity contribution in [3.05, 3.63) is 124 Å². The van der Waals surface area contributed by atoms with Crippen LogP contribution < -0.4 is 0 Å². The van der Waals surface area contributed by atoms with Crippen LogP contribution in [0.25, 0.3) is 0 Å². The Morgan fingerprint density at radius 1 is 0.867 bits per heavy atom. The highest BCUT2D eigenvalue weighted by molar-refractivity contribution is 5.67. The van der Waals surface area contributed by atoms with Crippen LogP contribution in [0, 0.1) is 12.8 Å². The first-order chi connectivity index (χ1) is 14.5. The molecule has 0 heterocycles. The number of hydrogen-bond acceptors (Lipinski definition) is 3. The quantitative estimate of drug-likeness (QED) is 0.429. The van der Waals surface area contributed by atoms with Gasteiger partial charge in [-0.05, 0) is 47.2 Å². The Morgan fingerprint density at radius 3 is 2.00 bits per heavy atom. The Hall–Kier alpha value is -3.30. The van der Waals surface area contributed by atoms with E-state index in [9.17, 15) is 15.3 Å². The molecule has 0 saturated heterocycles. The number of phenolic OH excluding ortho intramolecular Hbond substituents is 1. The SMILES string of the molecule is Cc1c2cc(c(C(c3ccccc3)(c3ccccc3)C3C=CC=C(O)C3O)c1O)C2. The van der Waals surface area contributed by atoms with Crippen molar-refractivity contribution in [2.75, 3.05) is 0 Å². The topological polar surface area (TPSA) is 60.7 Å². The molecule has 0 spiro atoms. The van der Waals surface area contributed by atoms with E-state index in [1.807, 2.05) is 73.7 Å². The third-order valence-corrected chi connectivity index (χ3v) is 6.71. The number of rotatable bonds is 4. The predicted molar refractivity (Wildman–Crippen MR) is 118 cm³/mol. The number of aromatic hydroxyl groups is 1. The molecule has 0 fully saturated rings. The maximum Gasteiger partial charge on any atom is 0.123 e. The van der Waals surface area contributed by atoms with Crippen molar-refractivity contribution in [3.8, 4) is 5.75 Å². The molecule has 0 aliphatic heterocycles. The first kappa shape index (κ1) is 18.7. The average molecular weight is 396 g/mol. The summed E-state index contributed by atoms with van der Waals surface area (Å²) in [6.07, 6.45) is 4.97. The van der Waals surface area contributed by atoms with Crippen LogP contribution >= 0.6 is 0 Å². The van der Waals surface area contributed by atoms with E-state index >= 15 is 0 Å². The number of allylic oxidation sites excluding steroid dienone is 2. The highest BCUT2D eigenvalue weighted by Crippen LogP contribution is 2.55. The van der Waals surface area contributed by atoms with Gasteiger partial charge in [-0.1, -0.05) is 78.9 Å². The Kier molecular flexibility index (Phi) is 4.30. The molecule has 3 aliphatic rings. The smallest absolute Gasteiger partial charge is 0.123 e. The first-order valence-corrected chi connectivity index (χ1v) is 10.3. The van der Waals surface area contributed by atoms with E-state index in [2.05, 4.69) is 6.07 Å². The third kappa shape index (κ3) is 2.49. The lowest BCUT2D eigenvalue weighted by Crippen LogP contribution is -2.45. The summed E-state index contributed by atoms with van der Waals surface area (Å²) in [7, 11) is 0. The maximum absolute atomic E-state index is 11.4. The molecule has 0 saturated carbocycles. The minimum Gasteiger partial charge on any atom is -0.510 e. The van der Waals surface area contributed by atoms with Crippen LogP contribution in [0.1, 0.15) is 33.4 Å². The van der Waals surface area contributed by atoms with E-state index in [-0.39, 0.29) is 11.5 Å². The van der Waals surface area contributed by atoms with E-state index in [0.717, 1.165) is 39.8 Å². The van der Waals surface area contributed by atoms with Crippen LogP contribution in [-0.2, 0) is 11.8 Å². The molecule has 3 N–H and O–H groups in total. The van der Waals surface area contributed by atoms with Crippen LogP contribution in [-0.4, -0.2) is 21.4 Å². The lowest BCUT2D eigenvalue weighted by atomic mass is 9.56. The van der Waals surface area contributed by atoms with Crippen molar-refractivity contribution in [2.45, 2.75) is 24.9 Å². The van der Waals surface area contributed by atoms with Gasteiger partial charge < -0.3 is 15.3 Å².